The van der Waals surface area contributed by atoms with Gasteiger partial charge in [0.1, 0.15) is 6.04 Å². The Bertz CT molecular complexity index is 631. The molecule has 0 aliphatic heterocycles. The summed E-state index contributed by atoms with van der Waals surface area (Å²) in [6, 6.07) is 7.36. The van der Waals surface area contributed by atoms with Crippen molar-refractivity contribution in [2.45, 2.75) is 44.0 Å². The van der Waals surface area contributed by atoms with Gasteiger partial charge < -0.3 is 21.9 Å². The number of aliphatic hydroxyl groups is 1. The molecule has 0 aliphatic carbocycles. The number of nitrogens with one attached hydrogen (secondary N) is 1. The summed E-state index contributed by atoms with van der Waals surface area (Å²) in [5, 5.41) is 23.7. The summed E-state index contributed by atoms with van der Waals surface area (Å²) in [4.78, 5) is 26.3. The lowest BCUT2D eigenvalue weighted by atomic mass is 9.97. The number of carbonyl (C=O) groups excluding carboxylic acids is 1. The molecule has 0 saturated carbocycles. The fourth-order valence-corrected chi connectivity index (χ4v) is 2.33. The molecule has 0 bridgehead atoms. The monoisotopic (exact) mass is 366 g/mol. The van der Waals surface area contributed by atoms with Crippen LogP contribution in [0.1, 0.15) is 25.3 Å². The molecule has 3 atom stereocenters. The zero-order valence-electron chi connectivity index (χ0n) is 14.7. The number of hydrogen-bond acceptors (Lipinski definition) is 6. The third kappa shape index (κ3) is 6.65. The summed E-state index contributed by atoms with van der Waals surface area (Å²) in [5.74, 6) is -1.22. The number of nitrogens with zero attached hydrogens (tertiary/aromatic N) is 2. The van der Waals surface area contributed by atoms with Crippen molar-refractivity contribution >= 4 is 11.9 Å². The van der Waals surface area contributed by atoms with Gasteiger partial charge in [-0.05, 0) is 18.4 Å². The van der Waals surface area contributed by atoms with Gasteiger partial charge in [-0.1, -0.05) is 30.3 Å². The molecular weight excluding hydrogens is 340 g/mol. The average Bonchev–Trinajstić information content (AvgIpc) is 2.58. The quantitative estimate of drug-likeness (QED) is 0.116. The van der Waals surface area contributed by atoms with Crippen molar-refractivity contribution in [2.75, 3.05) is 6.54 Å². The molecule has 0 spiro atoms. The largest absolute Gasteiger partial charge is 0.370 e. The van der Waals surface area contributed by atoms with E-state index in [1.807, 2.05) is 30.3 Å². The maximum Gasteiger partial charge on any atom is 0.269 e. The lowest BCUT2D eigenvalue weighted by molar-refractivity contribution is -0.519. The Hall–Kier alpha value is -2.72. The van der Waals surface area contributed by atoms with Crippen molar-refractivity contribution in [3.05, 3.63) is 46.0 Å². The number of nitrogens with two attached hydrogens (primary N) is 3. The topological polar surface area (TPSA) is 183 Å². The molecule has 144 valence electrons. The second kappa shape index (κ2) is 9.68. The molecule has 1 amide bonds. The normalized spacial score (nSPS) is 15.3. The van der Waals surface area contributed by atoms with Crippen LogP contribution in [0.2, 0.25) is 0 Å². The molecule has 0 saturated heterocycles. The maximum absolute atomic E-state index is 12.3. The zero-order valence-corrected chi connectivity index (χ0v) is 14.7. The number of carbonyl (C=O) groups is 1. The molecule has 26 heavy (non-hydrogen) atoms. The van der Waals surface area contributed by atoms with Crippen LogP contribution < -0.4 is 22.5 Å². The molecular formula is C16H26N6O4. The third-order valence-corrected chi connectivity index (χ3v) is 3.94. The highest BCUT2D eigenvalue weighted by Gasteiger charge is 2.40. The molecule has 0 aliphatic rings. The Balaban J connectivity index is 2.71. The van der Waals surface area contributed by atoms with Gasteiger partial charge in [-0.25, -0.2) is 4.99 Å². The highest BCUT2D eigenvalue weighted by atomic mass is 16.6. The van der Waals surface area contributed by atoms with Crippen molar-refractivity contribution in [2.24, 2.45) is 22.2 Å². The van der Waals surface area contributed by atoms with E-state index in [1.165, 1.54) is 6.92 Å². The number of rotatable bonds is 10. The second-order valence-electron chi connectivity index (χ2n) is 6.10. The molecule has 8 N–H and O–H groups in total. The van der Waals surface area contributed by atoms with Crippen LogP contribution in [0.15, 0.2) is 35.3 Å². The van der Waals surface area contributed by atoms with Gasteiger partial charge in [0.15, 0.2) is 5.96 Å². The van der Waals surface area contributed by atoms with E-state index in [0.29, 0.717) is 6.42 Å². The van der Waals surface area contributed by atoms with E-state index in [0.717, 1.165) is 5.56 Å². The summed E-state index contributed by atoms with van der Waals surface area (Å²) in [7, 11) is 0. The van der Waals surface area contributed by atoms with E-state index in [1.54, 1.807) is 0 Å². The number of amides is 1. The summed E-state index contributed by atoms with van der Waals surface area (Å²) < 4.78 is 0. The van der Waals surface area contributed by atoms with E-state index in [-0.39, 0.29) is 25.3 Å². The first-order valence-electron chi connectivity index (χ1n) is 8.20. The van der Waals surface area contributed by atoms with Gasteiger partial charge in [0, 0.05) is 24.8 Å². The van der Waals surface area contributed by atoms with Crippen molar-refractivity contribution in [3.8, 4) is 0 Å². The van der Waals surface area contributed by atoms with Gasteiger partial charge in [0.2, 0.25) is 11.8 Å². The Morgan fingerprint density at radius 3 is 2.50 bits per heavy atom. The minimum atomic E-state index is -2.39. The number of guanidine groups is 1. The van der Waals surface area contributed by atoms with Crippen molar-refractivity contribution in [1.82, 2.24) is 5.32 Å². The van der Waals surface area contributed by atoms with Crippen LogP contribution in [-0.2, 0) is 11.2 Å². The maximum atomic E-state index is 12.3. The van der Waals surface area contributed by atoms with Crippen LogP contribution in [0.4, 0.5) is 0 Å². The lowest BCUT2D eigenvalue weighted by Gasteiger charge is -2.28. The molecule has 10 heteroatoms. The van der Waals surface area contributed by atoms with Gasteiger partial charge in [-0.3, -0.25) is 20.6 Å². The first kappa shape index (κ1) is 21.3. The molecule has 0 heterocycles. The molecule has 10 nitrogen and oxygen atoms in total. The molecule has 0 radical (unpaired) electrons. The Morgan fingerprint density at radius 1 is 1.35 bits per heavy atom. The van der Waals surface area contributed by atoms with E-state index in [4.69, 9.17) is 17.2 Å². The van der Waals surface area contributed by atoms with Crippen LogP contribution in [0.3, 0.4) is 0 Å². The predicted molar refractivity (Wildman–Crippen MR) is 97.6 cm³/mol. The highest BCUT2D eigenvalue weighted by molar-refractivity contribution is 5.86. The van der Waals surface area contributed by atoms with Crippen molar-refractivity contribution in [1.29, 1.82) is 0 Å². The van der Waals surface area contributed by atoms with Gasteiger partial charge in [-0.2, -0.15) is 0 Å². The SMILES string of the molecule is CC(CC[C@H](N=C(N)N)C(N)(O)C(=O)NCCc1ccccc1)[N+](=O)[O-]. The molecule has 1 aromatic carbocycles. The minimum Gasteiger partial charge on any atom is -0.370 e. The number of hydrogen-bond donors (Lipinski definition) is 5. The average molecular weight is 366 g/mol. The molecule has 0 fully saturated rings. The van der Waals surface area contributed by atoms with E-state index >= 15 is 0 Å². The molecule has 2 unspecified atom stereocenters. The highest BCUT2D eigenvalue weighted by Crippen LogP contribution is 2.16. The second-order valence-corrected chi connectivity index (χ2v) is 6.10. The Kier molecular flexibility index (Phi) is 7.94. The molecule has 1 aromatic rings. The van der Waals surface area contributed by atoms with E-state index in [9.17, 15) is 20.0 Å². The van der Waals surface area contributed by atoms with Crippen LogP contribution in [0.5, 0.6) is 0 Å². The first-order chi connectivity index (χ1) is 12.1. The van der Waals surface area contributed by atoms with E-state index < -0.39 is 28.6 Å². The predicted octanol–water partition coefficient (Wildman–Crippen LogP) is -0.920. The van der Waals surface area contributed by atoms with Crippen LogP contribution >= 0.6 is 0 Å². The smallest absolute Gasteiger partial charge is 0.269 e. The summed E-state index contributed by atoms with van der Waals surface area (Å²) >= 11 is 0. The van der Waals surface area contributed by atoms with Crippen molar-refractivity contribution < 1.29 is 14.8 Å². The zero-order chi connectivity index (χ0) is 19.7. The van der Waals surface area contributed by atoms with Gasteiger partial charge >= 0.3 is 0 Å². The number of aliphatic imine (C=N–C) groups is 1. The Labute approximate surface area is 151 Å². The fourth-order valence-electron chi connectivity index (χ4n) is 2.33. The van der Waals surface area contributed by atoms with Crippen LogP contribution in [0, 0.1) is 10.1 Å². The van der Waals surface area contributed by atoms with Crippen LogP contribution in [0.25, 0.3) is 0 Å². The van der Waals surface area contributed by atoms with Gasteiger partial charge in [0.25, 0.3) is 5.91 Å². The standard InChI is InChI=1S/C16H26N6O4/c1-11(22(25)26)7-8-13(21-15(17)18)16(19,24)14(23)20-10-9-12-5-3-2-4-6-12/h2-6,11,13,24H,7-10,19H2,1H3,(H,20,23)(H4,17,18,21)/t11?,13-,16?/m0/s1. The number of nitro groups is 1. The molecule has 0 aromatic heterocycles. The summed E-state index contributed by atoms with van der Waals surface area (Å²) in [6.07, 6.45) is 0.568. The van der Waals surface area contributed by atoms with Crippen molar-refractivity contribution in [3.63, 3.8) is 0 Å². The number of benzene rings is 1. The van der Waals surface area contributed by atoms with Gasteiger partial charge in [0.05, 0.1) is 0 Å². The molecule has 1 rings (SSSR count). The Morgan fingerprint density at radius 2 is 1.96 bits per heavy atom. The minimum absolute atomic E-state index is 0.0286. The first-order valence-corrected chi connectivity index (χ1v) is 8.20. The summed E-state index contributed by atoms with van der Waals surface area (Å²) in [6.45, 7) is 1.66. The van der Waals surface area contributed by atoms with Gasteiger partial charge in [-0.15, -0.1) is 0 Å². The summed E-state index contributed by atoms with van der Waals surface area (Å²) in [5.41, 5.74) is 15.0. The van der Waals surface area contributed by atoms with Crippen LogP contribution in [-0.4, -0.2) is 46.2 Å². The fraction of sp³-hybridized carbons (Fsp3) is 0.500. The third-order valence-electron chi connectivity index (χ3n) is 3.94. The lowest BCUT2D eigenvalue weighted by Crippen LogP contribution is -2.61. The van der Waals surface area contributed by atoms with E-state index in [2.05, 4.69) is 10.3 Å².